The molecule has 0 aliphatic rings. The first kappa shape index (κ1) is 28.3. The maximum atomic E-state index is 11.6. The number of phosphoric ester groups is 1. The molecule has 1 unspecified atom stereocenters. The Morgan fingerprint density at radius 1 is 0.862 bits per heavy atom. The van der Waals surface area contributed by atoms with E-state index in [2.05, 4.69) is 23.6 Å². The molecule has 1 atom stereocenters. The fraction of sp³-hybridized carbons (Fsp3) is 0.857. The SMILES string of the molecule is CCCCC=CCCCCCCCCCCCC(=O)OCC(O)COP(=O)(O)O. The molecular formula is C21H41O7P. The monoisotopic (exact) mass is 436 g/mol. The van der Waals surface area contributed by atoms with E-state index in [0.29, 0.717) is 0 Å². The molecule has 0 fully saturated rings. The largest absolute Gasteiger partial charge is 0.469 e. The van der Waals surface area contributed by atoms with Crippen molar-refractivity contribution < 1.29 is 33.5 Å². The molecule has 0 aromatic rings. The molecule has 8 heteroatoms. The van der Waals surface area contributed by atoms with E-state index in [9.17, 15) is 14.5 Å². The molecule has 0 heterocycles. The van der Waals surface area contributed by atoms with Crippen molar-refractivity contribution in [2.24, 2.45) is 0 Å². The molecule has 0 amide bonds. The number of esters is 1. The Morgan fingerprint density at radius 2 is 1.38 bits per heavy atom. The summed E-state index contributed by atoms with van der Waals surface area (Å²) in [6.45, 7) is 1.31. The van der Waals surface area contributed by atoms with Crippen LogP contribution in [0.25, 0.3) is 0 Å². The number of ether oxygens (including phenoxy) is 1. The van der Waals surface area contributed by atoms with Crippen molar-refractivity contribution in [3.8, 4) is 0 Å². The highest BCUT2D eigenvalue weighted by atomic mass is 31.2. The Labute approximate surface area is 176 Å². The summed E-state index contributed by atoms with van der Waals surface area (Å²) in [5.74, 6) is -0.413. The highest BCUT2D eigenvalue weighted by Gasteiger charge is 2.17. The summed E-state index contributed by atoms with van der Waals surface area (Å²) in [5, 5.41) is 9.42. The van der Waals surface area contributed by atoms with Crippen molar-refractivity contribution in [1.82, 2.24) is 0 Å². The number of aliphatic hydroxyl groups excluding tert-OH is 1. The Bertz CT molecular complexity index is 462. The third-order valence-electron chi connectivity index (χ3n) is 4.51. The predicted octanol–water partition coefficient (Wildman–Crippen LogP) is 5.04. The second kappa shape index (κ2) is 19.3. The summed E-state index contributed by atoms with van der Waals surface area (Å²) in [4.78, 5) is 28.6. The van der Waals surface area contributed by atoms with E-state index >= 15 is 0 Å². The van der Waals surface area contributed by atoms with E-state index in [4.69, 9.17) is 14.5 Å². The van der Waals surface area contributed by atoms with Gasteiger partial charge >= 0.3 is 13.8 Å². The van der Waals surface area contributed by atoms with Crippen molar-refractivity contribution in [3.05, 3.63) is 12.2 Å². The minimum Gasteiger partial charge on any atom is -0.463 e. The summed E-state index contributed by atoms with van der Waals surface area (Å²) >= 11 is 0. The number of carbonyl (C=O) groups is 1. The minimum absolute atomic E-state index is 0.290. The smallest absolute Gasteiger partial charge is 0.463 e. The standard InChI is InChI=1S/C21H41O7P/c1-2-3-4-5-6-7-8-9-10-11-12-13-14-15-16-17-21(23)27-18-20(22)19-28-29(24,25)26/h5-6,20,22H,2-4,7-19H2,1H3,(H2,24,25,26). The van der Waals surface area contributed by atoms with E-state index in [0.717, 1.165) is 19.3 Å². The van der Waals surface area contributed by atoms with Gasteiger partial charge in [0.15, 0.2) is 0 Å². The molecule has 0 aliphatic carbocycles. The first-order valence-corrected chi connectivity index (χ1v) is 12.6. The maximum Gasteiger partial charge on any atom is 0.469 e. The average Bonchev–Trinajstić information content (AvgIpc) is 2.67. The van der Waals surface area contributed by atoms with Crippen molar-refractivity contribution >= 4 is 13.8 Å². The molecule has 0 spiro atoms. The molecule has 0 rings (SSSR count). The number of allylic oxidation sites excluding steroid dienone is 2. The van der Waals surface area contributed by atoms with Crippen LogP contribution in [0, 0.1) is 0 Å². The van der Waals surface area contributed by atoms with Crippen molar-refractivity contribution in [2.75, 3.05) is 13.2 Å². The molecular weight excluding hydrogens is 395 g/mol. The van der Waals surface area contributed by atoms with Gasteiger partial charge in [-0.25, -0.2) is 4.57 Å². The van der Waals surface area contributed by atoms with Gasteiger partial charge in [0.2, 0.25) is 0 Å². The molecule has 0 aliphatic heterocycles. The second-order valence-corrected chi connectivity index (χ2v) is 8.70. The normalized spacial score (nSPS) is 13.1. The summed E-state index contributed by atoms with van der Waals surface area (Å²) < 4.78 is 19.5. The van der Waals surface area contributed by atoms with Gasteiger partial charge in [-0.15, -0.1) is 0 Å². The van der Waals surface area contributed by atoms with Gasteiger partial charge in [0, 0.05) is 6.42 Å². The predicted molar refractivity (Wildman–Crippen MR) is 114 cm³/mol. The maximum absolute atomic E-state index is 11.6. The van der Waals surface area contributed by atoms with Gasteiger partial charge in [0.1, 0.15) is 12.7 Å². The highest BCUT2D eigenvalue weighted by molar-refractivity contribution is 7.46. The lowest BCUT2D eigenvalue weighted by Gasteiger charge is -2.12. The molecule has 29 heavy (non-hydrogen) atoms. The Morgan fingerprint density at radius 3 is 1.93 bits per heavy atom. The van der Waals surface area contributed by atoms with Crippen LogP contribution in [-0.4, -0.2) is 40.2 Å². The quantitative estimate of drug-likeness (QED) is 0.106. The summed E-state index contributed by atoms with van der Waals surface area (Å²) in [6.07, 6.45) is 19.0. The lowest BCUT2D eigenvalue weighted by atomic mass is 10.1. The minimum atomic E-state index is -4.62. The molecule has 0 saturated heterocycles. The Balaban J connectivity index is 3.34. The van der Waals surface area contributed by atoms with Crippen LogP contribution in [0.1, 0.15) is 96.8 Å². The Kier molecular flexibility index (Phi) is 18.8. The summed E-state index contributed by atoms with van der Waals surface area (Å²) in [5.41, 5.74) is 0. The van der Waals surface area contributed by atoms with E-state index in [1.807, 2.05) is 0 Å². The van der Waals surface area contributed by atoms with Gasteiger partial charge in [0.25, 0.3) is 0 Å². The van der Waals surface area contributed by atoms with Crippen LogP contribution in [-0.2, 0) is 18.6 Å². The molecule has 0 aromatic heterocycles. The zero-order valence-electron chi connectivity index (χ0n) is 18.0. The summed E-state index contributed by atoms with van der Waals surface area (Å²) in [7, 11) is -4.62. The van der Waals surface area contributed by atoms with Crippen molar-refractivity contribution in [1.29, 1.82) is 0 Å². The molecule has 7 nitrogen and oxygen atoms in total. The topological polar surface area (TPSA) is 113 Å². The van der Waals surface area contributed by atoms with Crippen molar-refractivity contribution in [2.45, 2.75) is 103 Å². The zero-order chi connectivity index (χ0) is 21.8. The first-order valence-electron chi connectivity index (χ1n) is 11.0. The third-order valence-corrected chi connectivity index (χ3v) is 5.00. The third kappa shape index (κ3) is 23.4. The molecule has 3 N–H and O–H groups in total. The molecule has 0 radical (unpaired) electrons. The summed E-state index contributed by atoms with van der Waals surface area (Å²) in [6, 6.07) is 0. The van der Waals surface area contributed by atoms with Crippen LogP contribution in [0.3, 0.4) is 0 Å². The van der Waals surface area contributed by atoms with E-state index in [1.165, 1.54) is 64.2 Å². The fourth-order valence-corrected chi connectivity index (χ4v) is 3.19. The zero-order valence-corrected chi connectivity index (χ0v) is 18.9. The molecule has 172 valence electrons. The number of aliphatic hydroxyl groups is 1. The van der Waals surface area contributed by atoms with Gasteiger partial charge in [-0.1, -0.05) is 76.9 Å². The number of rotatable bonds is 20. The number of unbranched alkanes of at least 4 members (excludes halogenated alkanes) is 11. The molecule has 0 aromatic carbocycles. The lowest BCUT2D eigenvalue weighted by molar-refractivity contribution is -0.147. The first-order chi connectivity index (χ1) is 13.8. The van der Waals surface area contributed by atoms with E-state index < -0.39 is 26.5 Å². The van der Waals surface area contributed by atoms with Crippen LogP contribution in [0.5, 0.6) is 0 Å². The second-order valence-electron chi connectivity index (χ2n) is 7.46. The van der Waals surface area contributed by atoms with E-state index in [-0.39, 0.29) is 13.0 Å². The molecule has 0 bridgehead atoms. The Hall–Kier alpha value is -0.720. The van der Waals surface area contributed by atoms with Gasteiger partial charge in [-0.05, 0) is 25.7 Å². The number of hydrogen-bond donors (Lipinski definition) is 3. The number of carbonyl (C=O) groups excluding carboxylic acids is 1. The molecule has 0 saturated carbocycles. The van der Waals surface area contributed by atoms with Gasteiger partial charge in [0.05, 0.1) is 6.61 Å². The van der Waals surface area contributed by atoms with Crippen LogP contribution in [0.2, 0.25) is 0 Å². The number of hydrogen-bond acceptors (Lipinski definition) is 5. The lowest BCUT2D eigenvalue weighted by Crippen LogP contribution is -2.23. The highest BCUT2D eigenvalue weighted by Crippen LogP contribution is 2.35. The van der Waals surface area contributed by atoms with E-state index in [1.54, 1.807) is 0 Å². The number of phosphoric acid groups is 1. The van der Waals surface area contributed by atoms with Gasteiger partial charge < -0.3 is 19.6 Å². The van der Waals surface area contributed by atoms with Crippen LogP contribution in [0.15, 0.2) is 12.2 Å². The van der Waals surface area contributed by atoms with Gasteiger partial charge in [-0.2, -0.15) is 0 Å². The van der Waals surface area contributed by atoms with Crippen LogP contribution >= 0.6 is 7.82 Å². The van der Waals surface area contributed by atoms with Gasteiger partial charge in [-0.3, -0.25) is 9.32 Å². The van der Waals surface area contributed by atoms with Crippen LogP contribution in [0.4, 0.5) is 0 Å². The fourth-order valence-electron chi connectivity index (χ4n) is 2.82. The van der Waals surface area contributed by atoms with Crippen LogP contribution < -0.4 is 0 Å². The van der Waals surface area contributed by atoms with Crippen molar-refractivity contribution in [3.63, 3.8) is 0 Å². The average molecular weight is 437 g/mol.